The topological polar surface area (TPSA) is 55.6 Å². The minimum absolute atomic E-state index is 0.558. The van der Waals surface area contributed by atoms with Gasteiger partial charge in [-0.15, -0.1) is 0 Å². The fourth-order valence-corrected chi connectivity index (χ4v) is 5.02. The van der Waals surface area contributed by atoms with Gasteiger partial charge in [0.25, 0.3) is 0 Å². The van der Waals surface area contributed by atoms with Crippen molar-refractivity contribution in [1.82, 2.24) is 19.5 Å². The van der Waals surface area contributed by atoms with Crippen LogP contribution >= 0.6 is 11.3 Å². The van der Waals surface area contributed by atoms with Gasteiger partial charge < -0.3 is 9.88 Å². The Morgan fingerprint density at radius 3 is 3.00 bits per heavy atom. The van der Waals surface area contributed by atoms with E-state index in [1.807, 2.05) is 24.7 Å². The lowest BCUT2D eigenvalue weighted by molar-refractivity contribution is 0.349. The fourth-order valence-electron chi connectivity index (χ4n) is 4.03. The second-order valence-electron chi connectivity index (χ2n) is 7.55. The van der Waals surface area contributed by atoms with Crippen LogP contribution in [-0.2, 0) is 6.54 Å². The molecular formula is C21H23N5S. The van der Waals surface area contributed by atoms with E-state index in [9.17, 15) is 0 Å². The molecule has 2 atom stereocenters. The van der Waals surface area contributed by atoms with E-state index in [4.69, 9.17) is 4.98 Å². The predicted molar refractivity (Wildman–Crippen MR) is 111 cm³/mol. The van der Waals surface area contributed by atoms with E-state index in [1.165, 1.54) is 35.9 Å². The average molecular weight is 378 g/mol. The molecule has 1 aliphatic rings. The predicted octanol–water partition coefficient (Wildman–Crippen LogP) is 5.08. The van der Waals surface area contributed by atoms with Crippen molar-refractivity contribution in [2.45, 2.75) is 45.2 Å². The van der Waals surface area contributed by atoms with E-state index in [0.29, 0.717) is 6.04 Å². The van der Waals surface area contributed by atoms with Gasteiger partial charge in [0.1, 0.15) is 5.52 Å². The second-order valence-corrected chi connectivity index (χ2v) is 8.58. The second kappa shape index (κ2) is 6.93. The molecule has 1 N–H and O–H groups in total. The van der Waals surface area contributed by atoms with E-state index < -0.39 is 0 Å². The monoisotopic (exact) mass is 377 g/mol. The van der Waals surface area contributed by atoms with Crippen LogP contribution in [0.2, 0.25) is 0 Å². The van der Waals surface area contributed by atoms with Crippen LogP contribution in [0.25, 0.3) is 21.4 Å². The minimum Gasteiger partial charge on any atom is -0.358 e. The summed E-state index contributed by atoms with van der Waals surface area (Å²) >= 11 is 1.76. The van der Waals surface area contributed by atoms with Crippen molar-refractivity contribution in [1.29, 1.82) is 0 Å². The fraction of sp³-hybridized carbons (Fsp3) is 0.381. The largest absolute Gasteiger partial charge is 0.358 e. The maximum absolute atomic E-state index is 4.81. The van der Waals surface area contributed by atoms with E-state index in [2.05, 4.69) is 45.0 Å². The van der Waals surface area contributed by atoms with Gasteiger partial charge in [-0.25, -0.2) is 15.0 Å². The Labute approximate surface area is 162 Å². The quantitative estimate of drug-likeness (QED) is 0.539. The smallest absolute Gasteiger partial charge is 0.184 e. The lowest BCUT2D eigenvalue weighted by atomic mass is 9.86. The van der Waals surface area contributed by atoms with Crippen LogP contribution in [0.1, 0.15) is 38.2 Å². The van der Waals surface area contributed by atoms with Crippen molar-refractivity contribution in [3.05, 3.63) is 48.4 Å². The van der Waals surface area contributed by atoms with E-state index in [1.54, 1.807) is 11.3 Å². The highest BCUT2D eigenvalue weighted by Crippen LogP contribution is 2.31. The molecule has 1 saturated carbocycles. The van der Waals surface area contributed by atoms with Crippen LogP contribution in [0.5, 0.6) is 0 Å². The van der Waals surface area contributed by atoms with Crippen LogP contribution in [0.15, 0.2) is 42.9 Å². The summed E-state index contributed by atoms with van der Waals surface area (Å²) in [5.41, 5.74) is 4.18. The Balaban J connectivity index is 1.39. The van der Waals surface area contributed by atoms with E-state index in [-0.39, 0.29) is 0 Å². The molecule has 0 spiro atoms. The van der Waals surface area contributed by atoms with Crippen LogP contribution in [-0.4, -0.2) is 25.6 Å². The molecule has 27 heavy (non-hydrogen) atoms. The highest BCUT2D eigenvalue weighted by atomic mass is 32.1. The maximum atomic E-state index is 4.81. The molecule has 0 amide bonds. The van der Waals surface area contributed by atoms with Gasteiger partial charge in [-0.05, 0) is 48.6 Å². The Bertz CT molecular complexity index is 1080. The summed E-state index contributed by atoms with van der Waals surface area (Å²) in [6.07, 6.45) is 8.94. The normalized spacial score (nSPS) is 20.3. The number of aromatic nitrogens is 4. The molecule has 5 nitrogen and oxygen atoms in total. The summed E-state index contributed by atoms with van der Waals surface area (Å²) < 4.78 is 3.33. The number of imidazole rings is 1. The van der Waals surface area contributed by atoms with Crippen LogP contribution in [0.3, 0.4) is 0 Å². The molecular weight excluding hydrogens is 354 g/mol. The van der Waals surface area contributed by atoms with Gasteiger partial charge in [0.15, 0.2) is 10.8 Å². The molecule has 3 heterocycles. The van der Waals surface area contributed by atoms with Crippen molar-refractivity contribution in [2.75, 3.05) is 5.32 Å². The molecule has 1 fully saturated rings. The number of rotatable bonds is 4. The van der Waals surface area contributed by atoms with E-state index in [0.717, 1.165) is 34.3 Å². The Morgan fingerprint density at radius 1 is 1.15 bits per heavy atom. The summed E-state index contributed by atoms with van der Waals surface area (Å²) in [5.74, 6) is 0.725. The first-order valence-corrected chi connectivity index (χ1v) is 10.5. The molecule has 6 heteroatoms. The van der Waals surface area contributed by atoms with Gasteiger partial charge in [-0.2, -0.15) is 0 Å². The average Bonchev–Trinajstić information content (AvgIpc) is 3.27. The third-order valence-electron chi connectivity index (χ3n) is 5.60. The molecule has 0 radical (unpaired) electrons. The zero-order valence-electron chi connectivity index (χ0n) is 15.4. The van der Waals surface area contributed by atoms with Crippen molar-refractivity contribution >= 4 is 37.8 Å². The Kier molecular flexibility index (Phi) is 4.28. The number of thiazole rings is 1. The van der Waals surface area contributed by atoms with Gasteiger partial charge >= 0.3 is 0 Å². The highest BCUT2D eigenvalue weighted by Gasteiger charge is 2.22. The lowest BCUT2D eigenvalue weighted by Crippen LogP contribution is -2.30. The molecule has 0 saturated heterocycles. The number of hydrogen-bond donors (Lipinski definition) is 1. The first-order chi connectivity index (χ1) is 13.3. The molecule has 0 unspecified atom stereocenters. The van der Waals surface area contributed by atoms with Gasteiger partial charge in [0, 0.05) is 12.2 Å². The SMILES string of the molecule is C[C@@H]1CCCC[C@H]1Nc1nc2ccc(Cn3cnc4cccnc43)cc2s1. The van der Waals surface area contributed by atoms with Crippen molar-refractivity contribution in [3.63, 3.8) is 0 Å². The number of benzene rings is 1. The standard InChI is InChI=1S/C21H23N5S/c1-14-5-2-3-6-16(14)24-21-25-17-9-8-15(11-19(17)27-21)12-26-13-23-18-7-4-10-22-20(18)26/h4,7-11,13-14,16H,2-3,5-6,12H2,1H3,(H,24,25)/t14-,16-/m1/s1. The molecule has 1 aromatic carbocycles. The summed E-state index contributed by atoms with van der Waals surface area (Å²) in [5, 5.41) is 4.74. The first kappa shape index (κ1) is 16.7. The Morgan fingerprint density at radius 2 is 2.07 bits per heavy atom. The molecule has 1 aliphatic carbocycles. The van der Waals surface area contributed by atoms with Crippen molar-refractivity contribution in [3.8, 4) is 0 Å². The van der Waals surface area contributed by atoms with Gasteiger partial charge in [-0.1, -0.05) is 37.2 Å². The number of anilines is 1. The lowest BCUT2D eigenvalue weighted by Gasteiger charge is -2.29. The summed E-state index contributed by atoms with van der Waals surface area (Å²) in [6.45, 7) is 3.12. The molecule has 5 rings (SSSR count). The number of pyridine rings is 1. The zero-order valence-corrected chi connectivity index (χ0v) is 16.2. The van der Waals surface area contributed by atoms with Crippen LogP contribution in [0.4, 0.5) is 5.13 Å². The summed E-state index contributed by atoms with van der Waals surface area (Å²) in [6, 6.07) is 11.0. The van der Waals surface area contributed by atoms with Crippen molar-refractivity contribution in [2.24, 2.45) is 5.92 Å². The van der Waals surface area contributed by atoms with E-state index >= 15 is 0 Å². The highest BCUT2D eigenvalue weighted by molar-refractivity contribution is 7.22. The minimum atomic E-state index is 0.558. The van der Waals surface area contributed by atoms with Crippen molar-refractivity contribution < 1.29 is 0 Å². The third kappa shape index (κ3) is 3.30. The van der Waals surface area contributed by atoms with Gasteiger partial charge in [0.05, 0.1) is 23.1 Å². The number of fused-ring (bicyclic) bond motifs is 2. The number of nitrogens with zero attached hydrogens (tertiary/aromatic N) is 4. The molecule has 138 valence electrons. The summed E-state index contributed by atoms with van der Waals surface area (Å²) in [4.78, 5) is 13.7. The first-order valence-electron chi connectivity index (χ1n) is 9.68. The Hall–Kier alpha value is -2.47. The van der Waals surface area contributed by atoms with Crippen LogP contribution in [0, 0.1) is 5.92 Å². The van der Waals surface area contributed by atoms with Gasteiger partial charge in [0.2, 0.25) is 0 Å². The van der Waals surface area contributed by atoms with Crippen LogP contribution < -0.4 is 5.32 Å². The third-order valence-corrected chi connectivity index (χ3v) is 6.55. The summed E-state index contributed by atoms with van der Waals surface area (Å²) in [7, 11) is 0. The number of nitrogens with one attached hydrogen (secondary N) is 1. The molecule has 3 aromatic heterocycles. The molecule has 0 aliphatic heterocycles. The number of hydrogen-bond acceptors (Lipinski definition) is 5. The molecule has 0 bridgehead atoms. The maximum Gasteiger partial charge on any atom is 0.184 e. The zero-order chi connectivity index (χ0) is 18.2. The van der Waals surface area contributed by atoms with Gasteiger partial charge in [-0.3, -0.25) is 0 Å². The molecule has 4 aromatic rings.